The molecular weight excluding hydrogens is 482 g/mol. The van der Waals surface area contributed by atoms with Crippen molar-refractivity contribution in [2.24, 2.45) is 0 Å². The molecule has 196 valence electrons. The minimum Gasteiger partial charge on any atom is -0.295 e. The van der Waals surface area contributed by atoms with Crippen molar-refractivity contribution in [2.45, 2.75) is 70.9 Å². The van der Waals surface area contributed by atoms with E-state index in [4.69, 9.17) is 0 Å². The highest BCUT2D eigenvalue weighted by Gasteiger charge is 2.34. The number of alkyl halides is 3. The van der Waals surface area contributed by atoms with E-state index in [2.05, 4.69) is 27.6 Å². The number of rotatable bonds is 13. The molecule has 0 N–H and O–H groups in total. The molecule has 0 saturated heterocycles. The zero-order chi connectivity index (χ0) is 26.8. The maximum atomic E-state index is 13.6. The summed E-state index contributed by atoms with van der Waals surface area (Å²) in [4.78, 5) is 23.3. The van der Waals surface area contributed by atoms with E-state index in [1.165, 1.54) is 18.3 Å². The van der Waals surface area contributed by atoms with Gasteiger partial charge in [0.05, 0.1) is 11.3 Å². The topological polar surface area (TPSA) is 55.7 Å². The Morgan fingerprint density at radius 3 is 2.43 bits per heavy atom. The van der Waals surface area contributed by atoms with Crippen LogP contribution >= 0.6 is 0 Å². The van der Waals surface area contributed by atoms with Gasteiger partial charge in [-0.25, -0.2) is 15.0 Å². The molecule has 0 amide bonds. The third-order valence-electron chi connectivity index (χ3n) is 6.20. The van der Waals surface area contributed by atoms with Crippen molar-refractivity contribution in [2.75, 3.05) is 0 Å². The van der Waals surface area contributed by atoms with Gasteiger partial charge < -0.3 is 0 Å². The molecule has 0 unspecified atom stereocenters. The van der Waals surface area contributed by atoms with Crippen molar-refractivity contribution >= 4 is 5.78 Å². The van der Waals surface area contributed by atoms with Crippen LogP contribution in [0.25, 0.3) is 0 Å². The van der Waals surface area contributed by atoms with Gasteiger partial charge in [0, 0.05) is 25.2 Å². The Hall–Kier alpha value is -3.42. The highest BCUT2D eigenvalue weighted by Crippen LogP contribution is 2.31. The highest BCUT2D eigenvalue weighted by molar-refractivity contribution is 5.88. The zero-order valence-electron chi connectivity index (χ0n) is 21.0. The lowest BCUT2D eigenvalue weighted by Crippen LogP contribution is -2.14. The number of allylic oxidation sites excluding steroid dienone is 1. The van der Waals surface area contributed by atoms with Gasteiger partial charge in [0.1, 0.15) is 5.82 Å². The van der Waals surface area contributed by atoms with E-state index in [1.807, 2.05) is 19.1 Å². The van der Waals surface area contributed by atoms with Crippen molar-refractivity contribution in [3.63, 3.8) is 0 Å². The smallest absolute Gasteiger partial charge is 0.295 e. The molecule has 3 aromatic rings. The SMILES string of the molecule is C=CC(=O)CCCc1cc(C)ccc1CCCc1nc(CCCc2ccnc(F)c2)ncc1C(F)(F)F. The molecule has 37 heavy (non-hydrogen) atoms. The minimum atomic E-state index is -4.53. The molecule has 3 rings (SSSR count). The van der Waals surface area contributed by atoms with E-state index in [1.54, 1.807) is 6.07 Å². The average molecular weight is 514 g/mol. The first kappa shape index (κ1) is 28.2. The van der Waals surface area contributed by atoms with Crippen LogP contribution in [-0.4, -0.2) is 20.7 Å². The molecule has 2 aromatic heterocycles. The number of benzene rings is 1. The fourth-order valence-corrected chi connectivity index (χ4v) is 4.29. The van der Waals surface area contributed by atoms with Gasteiger partial charge in [-0.2, -0.15) is 17.6 Å². The van der Waals surface area contributed by atoms with E-state index in [0.29, 0.717) is 50.8 Å². The van der Waals surface area contributed by atoms with Crippen molar-refractivity contribution < 1.29 is 22.4 Å². The van der Waals surface area contributed by atoms with Crippen LogP contribution in [0.15, 0.2) is 55.4 Å². The van der Waals surface area contributed by atoms with Crippen molar-refractivity contribution in [1.82, 2.24) is 15.0 Å². The van der Waals surface area contributed by atoms with Crippen LogP contribution in [0.5, 0.6) is 0 Å². The van der Waals surface area contributed by atoms with Crippen LogP contribution in [0.2, 0.25) is 0 Å². The molecule has 0 bridgehead atoms. The van der Waals surface area contributed by atoms with Crippen LogP contribution in [0.4, 0.5) is 17.6 Å². The summed E-state index contributed by atoms with van der Waals surface area (Å²) in [6, 6.07) is 9.13. The lowest BCUT2D eigenvalue weighted by atomic mass is 9.95. The molecule has 0 atom stereocenters. The van der Waals surface area contributed by atoms with Gasteiger partial charge in [-0.1, -0.05) is 30.3 Å². The van der Waals surface area contributed by atoms with Crippen molar-refractivity contribution in [3.05, 3.63) is 101 Å². The first-order valence-corrected chi connectivity index (χ1v) is 12.4. The van der Waals surface area contributed by atoms with Crippen LogP contribution in [0.1, 0.15) is 65.0 Å². The number of aromatic nitrogens is 3. The molecule has 0 aliphatic heterocycles. The Morgan fingerprint density at radius 2 is 1.70 bits per heavy atom. The lowest BCUT2D eigenvalue weighted by Gasteiger charge is -2.14. The Morgan fingerprint density at radius 1 is 0.946 bits per heavy atom. The molecule has 0 aliphatic carbocycles. The Labute approximate surface area is 214 Å². The third kappa shape index (κ3) is 8.88. The summed E-state index contributed by atoms with van der Waals surface area (Å²) in [5.41, 5.74) is 3.25. The number of hydrogen-bond donors (Lipinski definition) is 0. The predicted octanol–water partition coefficient (Wildman–Crippen LogP) is 6.77. The van der Waals surface area contributed by atoms with E-state index >= 15 is 0 Å². The summed E-state index contributed by atoms with van der Waals surface area (Å²) >= 11 is 0. The number of halogens is 4. The lowest BCUT2D eigenvalue weighted by molar-refractivity contribution is -0.138. The maximum absolute atomic E-state index is 13.6. The molecule has 4 nitrogen and oxygen atoms in total. The average Bonchev–Trinajstić information content (AvgIpc) is 2.84. The maximum Gasteiger partial charge on any atom is 0.419 e. The van der Waals surface area contributed by atoms with Gasteiger partial charge in [0.2, 0.25) is 5.95 Å². The van der Waals surface area contributed by atoms with Crippen LogP contribution < -0.4 is 0 Å². The summed E-state index contributed by atoms with van der Waals surface area (Å²) in [5, 5.41) is 0. The second-order valence-electron chi connectivity index (χ2n) is 9.13. The van der Waals surface area contributed by atoms with Crippen molar-refractivity contribution in [3.8, 4) is 0 Å². The van der Waals surface area contributed by atoms with Gasteiger partial charge in [-0.05, 0) is 86.8 Å². The Balaban J connectivity index is 1.65. The summed E-state index contributed by atoms with van der Waals surface area (Å²) in [6.07, 6.45) is 3.68. The van der Waals surface area contributed by atoms with Gasteiger partial charge in [0.25, 0.3) is 0 Å². The number of hydrogen-bond acceptors (Lipinski definition) is 4. The summed E-state index contributed by atoms with van der Waals surface area (Å²) in [7, 11) is 0. The standard InChI is InChI=1S/C29H31F4N3O/c1-3-24(37)10-5-9-23-17-20(2)13-14-22(23)8-6-11-26-25(29(31,32)33)19-35-28(36-26)12-4-7-21-15-16-34-27(30)18-21/h3,13-19H,1,4-12H2,2H3. The molecule has 0 radical (unpaired) electrons. The van der Waals surface area contributed by atoms with Gasteiger partial charge in [-0.3, -0.25) is 4.79 Å². The largest absolute Gasteiger partial charge is 0.419 e. The van der Waals surface area contributed by atoms with Crippen LogP contribution in [-0.2, 0) is 43.1 Å². The van der Waals surface area contributed by atoms with Crippen LogP contribution in [0, 0.1) is 12.9 Å². The second-order valence-corrected chi connectivity index (χ2v) is 9.13. The van der Waals surface area contributed by atoms with E-state index in [-0.39, 0.29) is 17.9 Å². The Bertz CT molecular complexity index is 1220. The number of ketones is 1. The monoisotopic (exact) mass is 513 g/mol. The molecule has 8 heteroatoms. The molecule has 0 spiro atoms. The summed E-state index contributed by atoms with van der Waals surface area (Å²) in [5.74, 6) is -0.214. The minimum absolute atomic E-state index is 0.00129. The molecule has 1 aromatic carbocycles. The Kier molecular flexibility index (Phi) is 10.1. The second kappa shape index (κ2) is 13.2. The predicted molar refractivity (Wildman–Crippen MR) is 135 cm³/mol. The molecule has 0 fully saturated rings. The number of carbonyl (C=O) groups excluding carboxylic acids is 1. The van der Waals surface area contributed by atoms with E-state index in [9.17, 15) is 22.4 Å². The number of aryl methyl sites for hydroxylation is 6. The number of pyridine rings is 1. The number of carbonyl (C=O) groups is 1. The number of nitrogens with zero attached hydrogens (tertiary/aromatic N) is 3. The first-order valence-electron chi connectivity index (χ1n) is 12.4. The fraction of sp³-hybridized carbons (Fsp3) is 0.379. The van der Waals surface area contributed by atoms with Gasteiger partial charge in [0.15, 0.2) is 5.78 Å². The molecule has 0 aliphatic rings. The van der Waals surface area contributed by atoms with Gasteiger partial charge in [-0.15, -0.1) is 0 Å². The first-order chi connectivity index (χ1) is 17.7. The van der Waals surface area contributed by atoms with E-state index in [0.717, 1.165) is 34.9 Å². The van der Waals surface area contributed by atoms with E-state index < -0.39 is 17.7 Å². The molecule has 0 saturated carbocycles. The zero-order valence-corrected chi connectivity index (χ0v) is 21.0. The quantitative estimate of drug-likeness (QED) is 0.144. The van der Waals surface area contributed by atoms with Crippen LogP contribution in [0.3, 0.4) is 0 Å². The molecular formula is C29H31F4N3O. The molecule has 2 heterocycles. The summed E-state index contributed by atoms with van der Waals surface area (Å²) < 4.78 is 54.1. The summed E-state index contributed by atoms with van der Waals surface area (Å²) in [6.45, 7) is 5.49. The normalized spacial score (nSPS) is 11.5. The highest BCUT2D eigenvalue weighted by atomic mass is 19.4. The third-order valence-corrected chi connectivity index (χ3v) is 6.20. The van der Waals surface area contributed by atoms with Gasteiger partial charge >= 0.3 is 6.18 Å². The fourth-order valence-electron chi connectivity index (χ4n) is 4.29. The van der Waals surface area contributed by atoms with Crippen molar-refractivity contribution in [1.29, 1.82) is 0 Å².